The molecular weight excluding hydrogens is 248 g/mol. The van der Waals surface area contributed by atoms with Crippen LogP contribution in [0.1, 0.15) is 64.7 Å². The van der Waals surface area contributed by atoms with E-state index in [9.17, 15) is 8.42 Å². The molecule has 1 rings (SSSR count). The van der Waals surface area contributed by atoms with Crippen LogP contribution in [0.15, 0.2) is 0 Å². The molecule has 0 heterocycles. The van der Waals surface area contributed by atoms with Crippen molar-refractivity contribution in [2.75, 3.05) is 13.6 Å². The van der Waals surface area contributed by atoms with Crippen LogP contribution in [0.2, 0.25) is 0 Å². The molecule has 1 fully saturated rings. The highest BCUT2D eigenvalue weighted by Crippen LogP contribution is 2.18. The van der Waals surface area contributed by atoms with Gasteiger partial charge in [-0.2, -0.15) is 17.4 Å². The maximum absolute atomic E-state index is 12.1. The summed E-state index contributed by atoms with van der Waals surface area (Å²) >= 11 is 0. The van der Waals surface area contributed by atoms with Gasteiger partial charge in [0.2, 0.25) is 0 Å². The first-order valence-electron chi connectivity index (χ1n) is 7.30. The SMILES string of the molecule is CCCCN(C)S(=O)(=O)NC1CCCCCCC1. The molecule has 18 heavy (non-hydrogen) atoms. The van der Waals surface area contributed by atoms with E-state index in [2.05, 4.69) is 11.6 Å². The average Bonchev–Trinajstić information content (AvgIpc) is 2.29. The predicted octanol–water partition coefficient (Wildman–Crippen LogP) is 2.67. The highest BCUT2D eigenvalue weighted by atomic mass is 32.2. The molecule has 1 N–H and O–H groups in total. The molecule has 1 aliphatic carbocycles. The van der Waals surface area contributed by atoms with Gasteiger partial charge >= 0.3 is 0 Å². The molecule has 0 atom stereocenters. The van der Waals surface area contributed by atoms with Crippen LogP contribution >= 0.6 is 0 Å². The molecule has 108 valence electrons. The van der Waals surface area contributed by atoms with Gasteiger partial charge in [0.05, 0.1) is 0 Å². The summed E-state index contributed by atoms with van der Waals surface area (Å²) in [6.45, 7) is 2.68. The first-order valence-corrected chi connectivity index (χ1v) is 8.74. The molecule has 0 aromatic carbocycles. The first-order chi connectivity index (χ1) is 8.56. The number of nitrogens with one attached hydrogen (secondary N) is 1. The van der Waals surface area contributed by atoms with E-state index >= 15 is 0 Å². The molecule has 0 spiro atoms. The van der Waals surface area contributed by atoms with Crippen molar-refractivity contribution in [3.05, 3.63) is 0 Å². The van der Waals surface area contributed by atoms with Gasteiger partial charge in [0, 0.05) is 19.6 Å². The molecule has 0 saturated heterocycles. The zero-order chi connectivity index (χ0) is 13.4. The van der Waals surface area contributed by atoms with Crippen LogP contribution in [0.4, 0.5) is 0 Å². The Morgan fingerprint density at radius 2 is 1.67 bits per heavy atom. The molecule has 0 amide bonds. The summed E-state index contributed by atoms with van der Waals surface area (Å²) < 4.78 is 28.6. The van der Waals surface area contributed by atoms with Gasteiger partial charge in [-0.25, -0.2) is 0 Å². The Morgan fingerprint density at radius 3 is 2.22 bits per heavy atom. The van der Waals surface area contributed by atoms with Crippen LogP contribution in [0.5, 0.6) is 0 Å². The fourth-order valence-electron chi connectivity index (χ4n) is 2.38. The molecule has 0 aromatic rings. The lowest BCUT2D eigenvalue weighted by Crippen LogP contribution is -2.44. The third kappa shape index (κ3) is 5.67. The van der Waals surface area contributed by atoms with E-state index in [0.717, 1.165) is 38.5 Å². The van der Waals surface area contributed by atoms with Gasteiger partial charge < -0.3 is 0 Å². The largest absolute Gasteiger partial charge is 0.279 e. The van der Waals surface area contributed by atoms with Gasteiger partial charge in [0.1, 0.15) is 0 Å². The van der Waals surface area contributed by atoms with Crippen LogP contribution in [0.25, 0.3) is 0 Å². The Balaban J connectivity index is 2.46. The highest BCUT2D eigenvalue weighted by Gasteiger charge is 2.22. The summed E-state index contributed by atoms with van der Waals surface area (Å²) in [4.78, 5) is 0. The normalized spacial score (nSPS) is 19.7. The second kappa shape index (κ2) is 8.12. The summed E-state index contributed by atoms with van der Waals surface area (Å²) in [6, 6.07) is 0.138. The zero-order valence-corrected chi connectivity index (χ0v) is 12.6. The maximum atomic E-state index is 12.1. The van der Waals surface area contributed by atoms with Crippen molar-refractivity contribution in [2.45, 2.75) is 70.8 Å². The van der Waals surface area contributed by atoms with Crippen LogP contribution in [-0.2, 0) is 10.2 Å². The van der Waals surface area contributed by atoms with Crippen LogP contribution < -0.4 is 4.72 Å². The molecule has 5 heteroatoms. The summed E-state index contributed by atoms with van der Waals surface area (Å²) in [5, 5.41) is 0. The number of rotatable bonds is 6. The van der Waals surface area contributed by atoms with Gasteiger partial charge in [-0.15, -0.1) is 0 Å². The van der Waals surface area contributed by atoms with E-state index in [0.29, 0.717) is 6.54 Å². The van der Waals surface area contributed by atoms with Gasteiger partial charge in [0.15, 0.2) is 0 Å². The minimum absolute atomic E-state index is 0.138. The summed E-state index contributed by atoms with van der Waals surface area (Å²) in [5.74, 6) is 0. The van der Waals surface area contributed by atoms with Gasteiger partial charge in [-0.05, 0) is 19.3 Å². The minimum atomic E-state index is -3.28. The molecule has 0 unspecified atom stereocenters. The average molecular weight is 276 g/mol. The minimum Gasteiger partial charge on any atom is -0.199 e. The van der Waals surface area contributed by atoms with E-state index in [1.54, 1.807) is 7.05 Å². The zero-order valence-electron chi connectivity index (χ0n) is 11.8. The second-order valence-electron chi connectivity index (χ2n) is 5.34. The van der Waals surface area contributed by atoms with Crippen molar-refractivity contribution in [2.24, 2.45) is 0 Å². The Bertz CT molecular complexity index is 309. The van der Waals surface area contributed by atoms with Gasteiger partial charge in [-0.3, -0.25) is 0 Å². The van der Waals surface area contributed by atoms with Crippen LogP contribution in [0, 0.1) is 0 Å². The Hall–Kier alpha value is -0.130. The highest BCUT2D eigenvalue weighted by molar-refractivity contribution is 7.87. The third-order valence-corrected chi connectivity index (χ3v) is 5.29. The molecule has 1 aliphatic rings. The smallest absolute Gasteiger partial charge is 0.199 e. The lowest BCUT2D eigenvalue weighted by atomic mass is 9.97. The molecule has 4 nitrogen and oxygen atoms in total. The number of hydrogen-bond donors (Lipinski definition) is 1. The third-order valence-electron chi connectivity index (χ3n) is 3.66. The fourth-order valence-corrected chi connectivity index (χ4v) is 3.58. The van der Waals surface area contributed by atoms with E-state index in [4.69, 9.17) is 0 Å². The Labute approximate surface area is 112 Å². The quantitative estimate of drug-likeness (QED) is 0.811. The van der Waals surface area contributed by atoms with Crippen LogP contribution in [-0.4, -0.2) is 32.4 Å². The molecule has 0 aromatic heterocycles. The van der Waals surface area contributed by atoms with Gasteiger partial charge in [-0.1, -0.05) is 45.4 Å². The van der Waals surface area contributed by atoms with Crippen LogP contribution in [0.3, 0.4) is 0 Å². The monoisotopic (exact) mass is 276 g/mol. The molecular formula is C13H28N2O2S. The number of hydrogen-bond acceptors (Lipinski definition) is 2. The second-order valence-corrected chi connectivity index (χ2v) is 7.15. The lowest BCUT2D eigenvalue weighted by molar-refractivity contribution is 0.400. The molecule has 0 bridgehead atoms. The fraction of sp³-hybridized carbons (Fsp3) is 1.00. The number of nitrogens with zero attached hydrogens (tertiary/aromatic N) is 1. The van der Waals surface area contributed by atoms with E-state index in [1.165, 1.54) is 23.6 Å². The lowest BCUT2D eigenvalue weighted by Gasteiger charge is -2.24. The van der Waals surface area contributed by atoms with Crippen molar-refractivity contribution in [1.29, 1.82) is 0 Å². The topological polar surface area (TPSA) is 49.4 Å². The summed E-state index contributed by atoms with van der Waals surface area (Å²) in [6.07, 6.45) is 9.98. The van der Waals surface area contributed by atoms with Crippen molar-refractivity contribution in [1.82, 2.24) is 9.03 Å². The molecule has 0 aliphatic heterocycles. The van der Waals surface area contributed by atoms with Crippen molar-refractivity contribution < 1.29 is 8.42 Å². The molecule has 0 radical (unpaired) electrons. The van der Waals surface area contributed by atoms with Crippen molar-refractivity contribution in [3.63, 3.8) is 0 Å². The Morgan fingerprint density at radius 1 is 1.11 bits per heavy atom. The Kier molecular flexibility index (Phi) is 7.19. The van der Waals surface area contributed by atoms with E-state index in [-0.39, 0.29) is 6.04 Å². The van der Waals surface area contributed by atoms with Crippen molar-refractivity contribution >= 4 is 10.2 Å². The maximum Gasteiger partial charge on any atom is 0.279 e. The standard InChI is InChI=1S/C13H28N2O2S/c1-3-4-12-15(2)18(16,17)14-13-10-8-6-5-7-9-11-13/h13-14H,3-12H2,1-2H3. The first kappa shape index (κ1) is 15.9. The summed E-state index contributed by atoms with van der Waals surface area (Å²) in [7, 11) is -1.61. The summed E-state index contributed by atoms with van der Waals surface area (Å²) in [5.41, 5.74) is 0. The van der Waals surface area contributed by atoms with E-state index < -0.39 is 10.2 Å². The molecule has 1 saturated carbocycles. The predicted molar refractivity (Wildman–Crippen MR) is 75.7 cm³/mol. The van der Waals surface area contributed by atoms with E-state index in [1.807, 2.05) is 0 Å². The number of unbranched alkanes of at least 4 members (excludes halogenated alkanes) is 1. The van der Waals surface area contributed by atoms with Gasteiger partial charge in [0.25, 0.3) is 10.2 Å². The van der Waals surface area contributed by atoms with Crippen molar-refractivity contribution in [3.8, 4) is 0 Å².